The van der Waals surface area contributed by atoms with Gasteiger partial charge in [-0.3, -0.25) is 0 Å². The number of aryl methyl sites for hydroxylation is 1. The average Bonchev–Trinajstić information content (AvgIpc) is 3.05. The minimum absolute atomic E-state index is 0.481. The van der Waals surface area contributed by atoms with Gasteiger partial charge in [0.05, 0.1) is 11.9 Å². The molecule has 0 radical (unpaired) electrons. The van der Waals surface area contributed by atoms with E-state index in [4.69, 9.17) is 4.42 Å². The van der Waals surface area contributed by atoms with Crippen LogP contribution >= 0.6 is 0 Å². The summed E-state index contributed by atoms with van der Waals surface area (Å²) in [7, 11) is 0. The van der Waals surface area contributed by atoms with Crippen molar-refractivity contribution in [2.75, 3.05) is 18.0 Å². The van der Waals surface area contributed by atoms with E-state index < -0.39 is 0 Å². The molecule has 4 heterocycles. The molecular weight excluding hydrogens is 254 g/mol. The number of anilines is 1. The third-order valence-corrected chi connectivity index (χ3v) is 4.07. The molecule has 0 aromatic carbocycles. The van der Waals surface area contributed by atoms with Crippen molar-refractivity contribution < 1.29 is 4.42 Å². The Hall–Kier alpha value is -1.95. The van der Waals surface area contributed by atoms with Crippen LogP contribution in [0.15, 0.2) is 22.7 Å². The SMILES string of the molecule is Cc1nnc(-c2ccc(N3CC4CCC(C3)N4)cn2)o1. The summed E-state index contributed by atoms with van der Waals surface area (Å²) in [5, 5.41) is 11.5. The van der Waals surface area contributed by atoms with Gasteiger partial charge in [0.2, 0.25) is 5.89 Å². The van der Waals surface area contributed by atoms with Gasteiger partial charge in [0.1, 0.15) is 5.69 Å². The molecule has 0 spiro atoms. The van der Waals surface area contributed by atoms with Crippen LogP contribution in [0.1, 0.15) is 18.7 Å². The van der Waals surface area contributed by atoms with E-state index in [0.29, 0.717) is 23.9 Å². The second-order valence-corrected chi connectivity index (χ2v) is 5.57. The molecule has 2 unspecified atom stereocenters. The third-order valence-electron chi connectivity index (χ3n) is 4.07. The molecule has 2 bridgehead atoms. The molecule has 104 valence electrons. The van der Waals surface area contributed by atoms with Gasteiger partial charge >= 0.3 is 0 Å². The van der Waals surface area contributed by atoms with Gasteiger partial charge < -0.3 is 14.6 Å². The minimum Gasteiger partial charge on any atom is -0.420 e. The van der Waals surface area contributed by atoms with Gasteiger partial charge in [0, 0.05) is 32.1 Å². The molecule has 0 saturated carbocycles. The van der Waals surface area contributed by atoms with Gasteiger partial charge in [-0.1, -0.05) is 0 Å². The quantitative estimate of drug-likeness (QED) is 0.890. The first-order chi connectivity index (χ1) is 9.78. The number of nitrogens with zero attached hydrogens (tertiary/aromatic N) is 4. The molecule has 0 amide bonds. The molecule has 2 fully saturated rings. The summed E-state index contributed by atoms with van der Waals surface area (Å²) in [6.45, 7) is 3.91. The van der Waals surface area contributed by atoms with Crippen LogP contribution in [-0.4, -0.2) is 40.4 Å². The van der Waals surface area contributed by atoms with Crippen molar-refractivity contribution in [3.05, 3.63) is 24.2 Å². The Bertz CT molecular complexity index is 596. The standard InChI is InChI=1S/C14H17N5O/c1-9-17-18-14(20-9)13-5-4-12(6-15-13)19-7-10-2-3-11(8-19)16-10/h4-6,10-11,16H,2-3,7-8H2,1H3. The van der Waals surface area contributed by atoms with E-state index in [0.717, 1.165) is 18.8 Å². The lowest BCUT2D eigenvalue weighted by atomic mass is 10.2. The van der Waals surface area contributed by atoms with Gasteiger partial charge in [0.15, 0.2) is 0 Å². The fourth-order valence-corrected chi connectivity index (χ4v) is 3.11. The van der Waals surface area contributed by atoms with E-state index in [1.807, 2.05) is 12.3 Å². The maximum absolute atomic E-state index is 5.39. The molecule has 20 heavy (non-hydrogen) atoms. The number of nitrogens with one attached hydrogen (secondary N) is 1. The summed E-state index contributed by atoms with van der Waals surface area (Å²) >= 11 is 0. The summed E-state index contributed by atoms with van der Waals surface area (Å²) in [4.78, 5) is 6.86. The van der Waals surface area contributed by atoms with Crippen molar-refractivity contribution in [2.24, 2.45) is 0 Å². The van der Waals surface area contributed by atoms with Crippen molar-refractivity contribution in [2.45, 2.75) is 31.8 Å². The number of rotatable bonds is 2. The van der Waals surface area contributed by atoms with Crippen molar-refractivity contribution >= 4 is 5.69 Å². The number of hydrogen-bond donors (Lipinski definition) is 1. The fraction of sp³-hybridized carbons (Fsp3) is 0.500. The van der Waals surface area contributed by atoms with Crippen LogP contribution in [-0.2, 0) is 0 Å². The number of fused-ring (bicyclic) bond motifs is 2. The van der Waals surface area contributed by atoms with Crippen LogP contribution in [0.3, 0.4) is 0 Å². The molecule has 2 aliphatic rings. The Morgan fingerprint density at radius 3 is 2.60 bits per heavy atom. The predicted octanol–water partition coefficient (Wildman–Crippen LogP) is 1.38. The lowest BCUT2D eigenvalue weighted by Crippen LogP contribution is -2.51. The van der Waals surface area contributed by atoms with E-state index in [9.17, 15) is 0 Å². The van der Waals surface area contributed by atoms with E-state index in [1.54, 1.807) is 6.92 Å². The highest BCUT2D eigenvalue weighted by Gasteiger charge is 2.32. The Morgan fingerprint density at radius 1 is 1.20 bits per heavy atom. The first-order valence-electron chi connectivity index (χ1n) is 7.05. The first kappa shape index (κ1) is 11.8. The van der Waals surface area contributed by atoms with Crippen LogP contribution in [0.25, 0.3) is 11.6 Å². The summed E-state index contributed by atoms with van der Waals surface area (Å²) in [6.07, 6.45) is 4.47. The predicted molar refractivity (Wildman–Crippen MR) is 74.4 cm³/mol. The van der Waals surface area contributed by atoms with Crippen LogP contribution in [0.4, 0.5) is 5.69 Å². The van der Waals surface area contributed by atoms with Crippen molar-refractivity contribution in [1.29, 1.82) is 0 Å². The van der Waals surface area contributed by atoms with Crippen molar-refractivity contribution in [3.8, 4) is 11.6 Å². The van der Waals surface area contributed by atoms with E-state index in [-0.39, 0.29) is 0 Å². The van der Waals surface area contributed by atoms with E-state index in [2.05, 4.69) is 31.5 Å². The molecule has 2 aromatic rings. The Kier molecular flexibility index (Phi) is 2.70. The second-order valence-electron chi connectivity index (χ2n) is 5.57. The zero-order valence-corrected chi connectivity index (χ0v) is 11.4. The minimum atomic E-state index is 0.481. The molecule has 2 aliphatic heterocycles. The highest BCUT2D eigenvalue weighted by molar-refractivity contribution is 5.53. The number of pyridine rings is 1. The highest BCUT2D eigenvalue weighted by Crippen LogP contribution is 2.26. The average molecular weight is 271 g/mol. The fourth-order valence-electron chi connectivity index (χ4n) is 3.11. The van der Waals surface area contributed by atoms with Crippen molar-refractivity contribution in [1.82, 2.24) is 20.5 Å². The maximum Gasteiger partial charge on any atom is 0.266 e. The zero-order chi connectivity index (χ0) is 13.5. The van der Waals surface area contributed by atoms with E-state index >= 15 is 0 Å². The normalized spacial score (nSPS) is 25.1. The molecule has 6 nitrogen and oxygen atoms in total. The zero-order valence-electron chi connectivity index (χ0n) is 11.4. The topological polar surface area (TPSA) is 67.1 Å². The Balaban J connectivity index is 1.55. The van der Waals surface area contributed by atoms with Gasteiger partial charge in [-0.25, -0.2) is 4.98 Å². The smallest absolute Gasteiger partial charge is 0.266 e. The lowest BCUT2D eigenvalue weighted by Gasteiger charge is -2.34. The molecule has 0 aliphatic carbocycles. The number of aromatic nitrogens is 3. The number of piperazine rings is 1. The van der Waals surface area contributed by atoms with Crippen LogP contribution in [0.5, 0.6) is 0 Å². The first-order valence-corrected chi connectivity index (χ1v) is 7.05. The van der Waals surface area contributed by atoms with Gasteiger partial charge in [-0.05, 0) is 25.0 Å². The van der Waals surface area contributed by atoms with Crippen LogP contribution in [0, 0.1) is 6.92 Å². The second kappa shape index (κ2) is 4.56. The Labute approximate surface area is 117 Å². The lowest BCUT2D eigenvalue weighted by molar-refractivity contribution is 0.465. The maximum atomic E-state index is 5.39. The summed E-state index contributed by atoms with van der Waals surface area (Å²) in [5.74, 6) is 1.04. The van der Waals surface area contributed by atoms with Crippen molar-refractivity contribution in [3.63, 3.8) is 0 Å². The molecule has 6 heteroatoms. The molecular formula is C14H17N5O. The van der Waals surface area contributed by atoms with E-state index in [1.165, 1.54) is 18.5 Å². The molecule has 4 rings (SSSR count). The van der Waals surface area contributed by atoms with Gasteiger partial charge in [-0.2, -0.15) is 0 Å². The summed E-state index contributed by atoms with van der Waals surface area (Å²) in [5.41, 5.74) is 1.90. The summed E-state index contributed by atoms with van der Waals surface area (Å²) < 4.78 is 5.39. The van der Waals surface area contributed by atoms with Crippen LogP contribution in [0.2, 0.25) is 0 Å². The molecule has 2 aromatic heterocycles. The number of hydrogen-bond acceptors (Lipinski definition) is 6. The monoisotopic (exact) mass is 271 g/mol. The van der Waals surface area contributed by atoms with Crippen LogP contribution < -0.4 is 10.2 Å². The summed E-state index contributed by atoms with van der Waals surface area (Å²) in [6, 6.07) is 5.30. The Morgan fingerprint density at radius 2 is 2.00 bits per heavy atom. The largest absolute Gasteiger partial charge is 0.420 e. The van der Waals surface area contributed by atoms with Gasteiger partial charge in [-0.15, -0.1) is 10.2 Å². The third kappa shape index (κ3) is 2.06. The molecule has 2 atom stereocenters. The van der Waals surface area contributed by atoms with Gasteiger partial charge in [0.25, 0.3) is 5.89 Å². The molecule has 2 saturated heterocycles. The molecule has 1 N–H and O–H groups in total. The highest BCUT2D eigenvalue weighted by atomic mass is 16.4.